The van der Waals surface area contributed by atoms with E-state index in [0.29, 0.717) is 28.4 Å². The van der Waals surface area contributed by atoms with Crippen molar-refractivity contribution in [3.8, 4) is 17.2 Å². The summed E-state index contributed by atoms with van der Waals surface area (Å²) in [6, 6.07) is 10.1. The molecule has 0 saturated carbocycles. The highest BCUT2D eigenvalue weighted by molar-refractivity contribution is 6.07. The van der Waals surface area contributed by atoms with Gasteiger partial charge in [-0.3, -0.25) is 9.59 Å². The Bertz CT molecular complexity index is 789. The van der Waals surface area contributed by atoms with E-state index in [0.717, 1.165) is 0 Å². The monoisotopic (exact) mass is 344 g/mol. The van der Waals surface area contributed by atoms with Gasteiger partial charge in [0.1, 0.15) is 0 Å². The zero-order valence-corrected chi connectivity index (χ0v) is 14.5. The van der Waals surface area contributed by atoms with Crippen molar-refractivity contribution in [3.05, 3.63) is 42.0 Å². The van der Waals surface area contributed by atoms with Crippen LogP contribution >= 0.6 is 0 Å². The van der Waals surface area contributed by atoms with Gasteiger partial charge in [-0.25, -0.2) is 0 Å². The van der Waals surface area contributed by atoms with Gasteiger partial charge in [0, 0.05) is 18.3 Å². The Hall–Kier alpha value is -3.22. The molecule has 2 aromatic rings. The summed E-state index contributed by atoms with van der Waals surface area (Å²) in [5, 5.41) is 5.43. The van der Waals surface area contributed by atoms with Crippen molar-refractivity contribution >= 4 is 23.2 Å². The standard InChI is InChI=1S/C18H20N2O5/c1-11(21)19-12-6-5-7-13(10-12)20-18(22)14-8-9-15(23-2)17(25-4)16(14)24-3/h5-10H,1-4H3,(H,19,21)(H,20,22). The highest BCUT2D eigenvalue weighted by Gasteiger charge is 2.20. The van der Waals surface area contributed by atoms with Crippen molar-refractivity contribution in [2.45, 2.75) is 6.92 Å². The molecule has 0 fully saturated rings. The lowest BCUT2D eigenvalue weighted by Crippen LogP contribution is -2.14. The fraction of sp³-hybridized carbons (Fsp3) is 0.222. The molecule has 0 bridgehead atoms. The van der Waals surface area contributed by atoms with Crippen LogP contribution in [0.4, 0.5) is 11.4 Å². The maximum Gasteiger partial charge on any atom is 0.259 e. The summed E-state index contributed by atoms with van der Waals surface area (Å²) in [7, 11) is 4.43. The second kappa shape index (κ2) is 8.05. The number of carbonyl (C=O) groups excluding carboxylic acids is 2. The van der Waals surface area contributed by atoms with E-state index in [1.165, 1.54) is 28.3 Å². The molecule has 0 radical (unpaired) electrons. The highest BCUT2D eigenvalue weighted by atomic mass is 16.5. The molecule has 2 N–H and O–H groups in total. The number of ether oxygens (including phenoxy) is 3. The number of methoxy groups -OCH3 is 3. The van der Waals surface area contributed by atoms with Crippen molar-refractivity contribution in [1.82, 2.24) is 0 Å². The van der Waals surface area contributed by atoms with Crippen LogP contribution in [0, 0.1) is 0 Å². The summed E-state index contributed by atoms with van der Waals surface area (Å²) in [6.07, 6.45) is 0. The molecule has 0 aliphatic carbocycles. The molecule has 0 saturated heterocycles. The Kier molecular flexibility index (Phi) is 5.84. The van der Waals surface area contributed by atoms with Crippen molar-refractivity contribution in [2.24, 2.45) is 0 Å². The molecule has 0 aliphatic rings. The first-order chi connectivity index (χ1) is 12.0. The number of carbonyl (C=O) groups is 2. The van der Waals surface area contributed by atoms with E-state index in [4.69, 9.17) is 14.2 Å². The molecule has 25 heavy (non-hydrogen) atoms. The Balaban J connectivity index is 2.31. The van der Waals surface area contributed by atoms with E-state index in [2.05, 4.69) is 10.6 Å². The third-order valence-corrected chi connectivity index (χ3v) is 3.39. The molecular formula is C18H20N2O5. The molecule has 7 heteroatoms. The first-order valence-electron chi connectivity index (χ1n) is 7.48. The van der Waals surface area contributed by atoms with Gasteiger partial charge >= 0.3 is 0 Å². The topological polar surface area (TPSA) is 85.9 Å². The van der Waals surface area contributed by atoms with Gasteiger partial charge < -0.3 is 24.8 Å². The molecule has 0 spiro atoms. The van der Waals surface area contributed by atoms with Gasteiger partial charge in [0.25, 0.3) is 5.91 Å². The molecule has 2 aromatic carbocycles. The zero-order valence-electron chi connectivity index (χ0n) is 14.5. The Labute approximate surface area is 145 Å². The molecule has 2 rings (SSSR count). The Morgan fingerprint density at radius 2 is 1.48 bits per heavy atom. The van der Waals surface area contributed by atoms with E-state index < -0.39 is 0 Å². The fourth-order valence-corrected chi connectivity index (χ4v) is 2.36. The second-order valence-corrected chi connectivity index (χ2v) is 5.10. The van der Waals surface area contributed by atoms with E-state index >= 15 is 0 Å². The van der Waals surface area contributed by atoms with E-state index in [1.54, 1.807) is 36.4 Å². The van der Waals surface area contributed by atoms with E-state index in [1.807, 2.05) is 0 Å². The first kappa shape index (κ1) is 18.1. The molecule has 0 aromatic heterocycles. The van der Waals surface area contributed by atoms with Crippen LogP contribution in [0.3, 0.4) is 0 Å². The molecular weight excluding hydrogens is 324 g/mol. The number of benzene rings is 2. The molecule has 0 unspecified atom stereocenters. The van der Waals surface area contributed by atoms with Crippen LogP contribution in [-0.2, 0) is 4.79 Å². The number of hydrogen-bond acceptors (Lipinski definition) is 5. The predicted octanol–water partition coefficient (Wildman–Crippen LogP) is 2.92. The minimum atomic E-state index is -0.377. The third-order valence-electron chi connectivity index (χ3n) is 3.39. The van der Waals surface area contributed by atoms with Gasteiger partial charge in [-0.15, -0.1) is 0 Å². The maximum absolute atomic E-state index is 12.6. The molecule has 0 atom stereocenters. The van der Waals surface area contributed by atoms with Crippen LogP contribution in [0.5, 0.6) is 17.2 Å². The summed E-state index contributed by atoms with van der Waals surface area (Å²) in [5.41, 5.74) is 1.42. The zero-order chi connectivity index (χ0) is 18.4. The van der Waals surface area contributed by atoms with Crippen molar-refractivity contribution < 1.29 is 23.8 Å². The van der Waals surface area contributed by atoms with Crippen LogP contribution in [0.2, 0.25) is 0 Å². The molecule has 0 aliphatic heterocycles. The van der Waals surface area contributed by atoms with Crippen molar-refractivity contribution in [3.63, 3.8) is 0 Å². The minimum absolute atomic E-state index is 0.190. The van der Waals surface area contributed by atoms with Crippen LogP contribution in [0.25, 0.3) is 0 Å². The van der Waals surface area contributed by atoms with Gasteiger partial charge in [-0.05, 0) is 30.3 Å². The lowest BCUT2D eigenvalue weighted by atomic mass is 10.1. The largest absolute Gasteiger partial charge is 0.493 e. The summed E-state index contributed by atoms with van der Waals surface area (Å²) < 4.78 is 15.8. The van der Waals surface area contributed by atoms with Crippen LogP contribution < -0.4 is 24.8 Å². The van der Waals surface area contributed by atoms with E-state index in [-0.39, 0.29) is 17.6 Å². The molecule has 7 nitrogen and oxygen atoms in total. The van der Waals surface area contributed by atoms with Gasteiger partial charge in [0.05, 0.1) is 26.9 Å². The summed E-state index contributed by atoms with van der Waals surface area (Å²) in [6.45, 7) is 1.42. The van der Waals surface area contributed by atoms with Gasteiger partial charge in [-0.1, -0.05) is 6.07 Å². The van der Waals surface area contributed by atoms with Gasteiger partial charge in [-0.2, -0.15) is 0 Å². The van der Waals surface area contributed by atoms with E-state index in [9.17, 15) is 9.59 Å². The predicted molar refractivity (Wildman–Crippen MR) is 94.8 cm³/mol. The summed E-state index contributed by atoms with van der Waals surface area (Å²) in [5.74, 6) is 0.508. The maximum atomic E-state index is 12.6. The average molecular weight is 344 g/mol. The number of nitrogens with one attached hydrogen (secondary N) is 2. The SMILES string of the molecule is COc1ccc(C(=O)Nc2cccc(NC(C)=O)c2)c(OC)c1OC. The Morgan fingerprint density at radius 3 is 2.04 bits per heavy atom. The second-order valence-electron chi connectivity index (χ2n) is 5.10. The lowest BCUT2D eigenvalue weighted by Gasteiger charge is -2.15. The van der Waals surface area contributed by atoms with Crippen molar-refractivity contribution in [2.75, 3.05) is 32.0 Å². The molecule has 132 valence electrons. The summed E-state index contributed by atoms with van der Waals surface area (Å²) in [4.78, 5) is 23.8. The average Bonchev–Trinajstić information content (AvgIpc) is 2.59. The Morgan fingerprint density at radius 1 is 0.840 bits per heavy atom. The van der Waals surface area contributed by atoms with Crippen LogP contribution in [0.15, 0.2) is 36.4 Å². The summed E-state index contributed by atoms with van der Waals surface area (Å²) >= 11 is 0. The van der Waals surface area contributed by atoms with Crippen molar-refractivity contribution in [1.29, 1.82) is 0 Å². The van der Waals surface area contributed by atoms with Crippen LogP contribution in [-0.4, -0.2) is 33.1 Å². The minimum Gasteiger partial charge on any atom is -0.493 e. The third kappa shape index (κ3) is 4.20. The first-order valence-corrected chi connectivity index (χ1v) is 7.48. The normalized spacial score (nSPS) is 9.92. The highest BCUT2D eigenvalue weighted by Crippen LogP contribution is 2.39. The quantitative estimate of drug-likeness (QED) is 0.841. The van der Waals surface area contributed by atoms with Gasteiger partial charge in [0.2, 0.25) is 11.7 Å². The number of rotatable bonds is 6. The lowest BCUT2D eigenvalue weighted by molar-refractivity contribution is -0.114. The van der Waals surface area contributed by atoms with Crippen LogP contribution in [0.1, 0.15) is 17.3 Å². The number of anilines is 2. The fourth-order valence-electron chi connectivity index (χ4n) is 2.36. The number of hydrogen-bond donors (Lipinski definition) is 2. The van der Waals surface area contributed by atoms with Gasteiger partial charge in [0.15, 0.2) is 11.5 Å². The molecule has 0 heterocycles. The molecule has 2 amide bonds. The smallest absolute Gasteiger partial charge is 0.259 e. The number of amides is 2.